The van der Waals surface area contributed by atoms with Crippen LogP contribution in [0.5, 0.6) is 0 Å². The molecule has 0 atom stereocenters. The van der Waals surface area contributed by atoms with E-state index in [4.69, 9.17) is 11.6 Å². The molecule has 0 bridgehead atoms. The van der Waals surface area contributed by atoms with Crippen molar-refractivity contribution in [2.75, 3.05) is 11.9 Å². The number of benzene rings is 2. The zero-order valence-electron chi connectivity index (χ0n) is 16.8. The third-order valence-corrected chi connectivity index (χ3v) is 6.62. The summed E-state index contributed by atoms with van der Waals surface area (Å²) in [6, 6.07) is 9.26. The molecule has 1 aliphatic rings. The monoisotopic (exact) mass is 479 g/mol. The van der Waals surface area contributed by atoms with Gasteiger partial charge in [0.15, 0.2) is 5.13 Å². The van der Waals surface area contributed by atoms with E-state index in [2.05, 4.69) is 10.3 Å². The molecule has 0 spiro atoms. The number of anilines is 1. The summed E-state index contributed by atoms with van der Waals surface area (Å²) < 4.78 is 38.2. The van der Waals surface area contributed by atoms with Crippen LogP contribution in [0, 0.1) is 6.92 Å². The van der Waals surface area contributed by atoms with Gasteiger partial charge in [-0.2, -0.15) is 13.2 Å². The van der Waals surface area contributed by atoms with Gasteiger partial charge in [0.1, 0.15) is 0 Å². The largest absolute Gasteiger partial charge is 0.416 e. The van der Waals surface area contributed by atoms with Crippen molar-refractivity contribution in [1.82, 2.24) is 9.88 Å². The lowest BCUT2D eigenvalue weighted by molar-refractivity contribution is -0.137. The molecule has 1 N–H and O–H groups in total. The molecule has 0 radical (unpaired) electrons. The van der Waals surface area contributed by atoms with E-state index in [9.17, 15) is 22.8 Å². The average Bonchev–Trinajstić information content (AvgIpc) is 3.16. The van der Waals surface area contributed by atoms with Crippen molar-refractivity contribution in [1.29, 1.82) is 0 Å². The normalized spacial score (nSPS) is 13.6. The molecule has 2 amide bonds. The molecular formula is C22H17ClF3N3O2S. The molecule has 0 aliphatic carbocycles. The fourth-order valence-electron chi connectivity index (χ4n) is 3.42. The van der Waals surface area contributed by atoms with Gasteiger partial charge >= 0.3 is 6.18 Å². The van der Waals surface area contributed by atoms with Crippen molar-refractivity contribution < 1.29 is 22.8 Å². The molecule has 0 saturated heterocycles. The molecule has 32 heavy (non-hydrogen) atoms. The van der Waals surface area contributed by atoms with Crippen molar-refractivity contribution in [3.05, 3.63) is 80.3 Å². The number of nitrogens with zero attached hydrogens (tertiary/aromatic N) is 2. The van der Waals surface area contributed by atoms with Crippen LogP contribution in [0.3, 0.4) is 0 Å². The van der Waals surface area contributed by atoms with Crippen LogP contribution in [-0.2, 0) is 19.1 Å². The molecule has 0 unspecified atom stereocenters. The fourth-order valence-corrected chi connectivity index (χ4v) is 4.62. The molecular weight excluding hydrogens is 463 g/mol. The number of rotatable bonds is 3. The maximum Gasteiger partial charge on any atom is 0.416 e. The number of carbonyl (C=O) groups is 2. The first-order valence-electron chi connectivity index (χ1n) is 9.65. The predicted molar refractivity (Wildman–Crippen MR) is 116 cm³/mol. The van der Waals surface area contributed by atoms with Gasteiger partial charge in [-0.15, -0.1) is 0 Å². The third-order valence-electron chi connectivity index (χ3n) is 5.21. The van der Waals surface area contributed by atoms with Crippen LogP contribution in [0.25, 0.3) is 0 Å². The Labute approximate surface area is 190 Å². The van der Waals surface area contributed by atoms with E-state index in [1.54, 1.807) is 30.0 Å². The standard InChI is InChI=1S/C22H17ClF3N3O2S/c1-12-15(3-2-4-16(12)23)19(30)28-21-27-17-9-10-29(11-18(17)32-21)20(31)13-5-7-14(8-6-13)22(24,25)26/h2-8H,9-11H2,1H3,(H,27,28,30). The Morgan fingerprint density at radius 1 is 1.16 bits per heavy atom. The summed E-state index contributed by atoms with van der Waals surface area (Å²) in [5, 5.41) is 3.69. The zero-order valence-corrected chi connectivity index (χ0v) is 18.4. The van der Waals surface area contributed by atoms with E-state index in [0.29, 0.717) is 34.2 Å². The van der Waals surface area contributed by atoms with Gasteiger partial charge in [-0.05, 0) is 48.9 Å². The van der Waals surface area contributed by atoms with Crippen molar-refractivity contribution in [2.45, 2.75) is 26.1 Å². The quantitative estimate of drug-likeness (QED) is 0.534. The Bertz CT molecular complexity index is 1190. The van der Waals surface area contributed by atoms with Crippen LogP contribution in [0.15, 0.2) is 42.5 Å². The minimum Gasteiger partial charge on any atom is -0.333 e. The molecule has 2 heterocycles. The number of alkyl halides is 3. The van der Waals surface area contributed by atoms with E-state index in [0.717, 1.165) is 22.7 Å². The van der Waals surface area contributed by atoms with Gasteiger partial charge in [0.05, 0.1) is 17.8 Å². The van der Waals surface area contributed by atoms with E-state index < -0.39 is 11.7 Å². The number of hydrogen-bond donors (Lipinski definition) is 1. The topological polar surface area (TPSA) is 62.3 Å². The number of nitrogens with one attached hydrogen (secondary N) is 1. The Morgan fingerprint density at radius 3 is 2.56 bits per heavy atom. The molecule has 1 aromatic heterocycles. The van der Waals surface area contributed by atoms with Crippen LogP contribution < -0.4 is 5.32 Å². The van der Waals surface area contributed by atoms with Crippen LogP contribution in [0.4, 0.5) is 18.3 Å². The minimum absolute atomic E-state index is 0.191. The van der Waals surface area contributed by atoms with Gasteiger partial charge in [-0.25, -0.2) is 4.98 Å². The third kappa shape index (κ3) is 4.49. The average molecular weight is 480 g/mol. The second kappa shape index (κ2) is 8.55. The SMILES string of the molecule is Cc1c(Cl)cccc1C(=O)Nc1nc2c(s1)CN(C(=O)c1ccc(C(F)(F)F)cc1)CC2. The second-order valence-corrected chi connectivity index (χ2v) is 8.80. The molecule has 3 aromatic rings. The zero-order chi connectivity index (χ0) is 23.0. The van der Waals surface area contributed by atoms with E-state index >= 15 is 0 Å². The first-order chi connectivity index (χ1) is 15.1. The maximum atomic E-state index is 12.8. The van der Waals surface area contributed by atoms with Gasteiger partial charge in [-0.1, -0.05) is 29.0 Å². The van der Waals surface area contributed by atoms with E-state index in [-0.39, 0.29) is 23.9 Å². The number of amides is 2. The van der Waals surface area contributed by atoms with Gasteiger partial charge < -0.3 is 4.90 Å². The Kier molecular flexibility index (Phi) is 5.96. The lowest BCUT2D eigenvalue weighted by Crippen LogP contribution is -2.35. The number of hydrogen-bond acceptors (Lipinski definition) is 4. The second-order valence-electron chi connectivity index (χ2n) is 7.31. The molecule has 166 valence electrons. The summed E-state index contributed by atoms with van der Waals surface area (Å²) in [6.07, 6.45) is -3.96. The van der Waals surface area contributed by atoms with Crippen LogP contribution in [0.2, 0.25) is 5.02 Å². The Balaban J connectivity index is 1.46. The molecule has 0 saturated carbocycles. The fraction of sp³-hybridized carbons (Fsp3) is 0.227. The van der Waals surface area contributed by atoms with Crippen LogP contribution in [0.1, 0.15) is 42.4 Å². The van der Waals surface area contributed by atoms with Gasteiger partial charge in [0.2, 0.25) is 0 Å². The molecule has 2 aromatic carbocycles. The Morgan fingerprint density at radius 2 is 1.88 bits per heavy atom. The highest BCUT2D eigenvalue weighted by atomic mass is 35.5. The molecule has 5 nitrogen and oxygen atoms in total. The number of thiazole rings is 1. The molecule has 4 rings (SSSR count). The van der Waals surface area contributed by atoms with Crippen LogP contribution >= 0.6 is 22.9 Å². The molecule has 10 heteroatoms. The highest BCUT2D eigenvalue weighted by Gasteiger charge is 2.31. The first-order valence-corrected chi connectivity index (χ1v) is 10.8. The minimum atomic E-state index is -4.45. The van der Waals surface area contributed by atoms with Crippen molar-refractivity contribution >= 4 is 39.9 Å². The highest BCUT2D eigenvalue weighted by Crippen LogP contribution is 2.31. The summed E-state index contributed by atoms with van der Waals surface area (Å²) in [5.74, 6) is -0.674. The van der Waals surface area contributed by atoms with Gasteiger partial charge in [0.25, 0.3) is 11.8 Å². The molecule has 1 aliphatic heterocycles. The van der Waals surface area contributed by atoms with Crippen molar-refractivity contribution in [3.8, 4) is 0 Å². The summed E-state index contributed by atoms with van der Waals surface area (Å²) in [6.45, 7) is 2.42. The van der Waals surface area contributed by atoms with E-state index in [1.807, 2.05) is 0 Å². The predicted octanol–water partition coefficient (Wildman–Crippen LogP) is 5.57. The van der Waals surface area contributed by atoms with Gasteiger partial charge in [0, 0.05) is 34.0 Å². The number of carbonyl (C=O) groups excluding carboxylic acids is 2. The molecule has 0 fully saturated rings. The summed E-state index contributed by atoms with van der Waals surface area (Å²) in [5.41, 5.74) is 1.30. The number of aromatic nitrogens is 1. The lowest BCUT2D eigenvalue weighted by atomic mass is 10.1. The Hall–Kier alpha value is -2.91. The van der Waals surface area contributed by atoms with Crippen molar-refractivity contribution in [2.24, 2.45) is 0 Å². The van der Waals surface area contributed by atoms with Crippen LogP contribution in [-0.4, -0.2) is 28.2 Å². The number of fused-ring (bicyclic) bond motifs is 1. The summed E-state index contributed by atoms with van der Waals surface area (Å²) in [7, 11) is 0. The maximum absolute atomic E-state index is 12.8. The van der Waals surface area contributed by atoms with E-state index in [1.165, 1.54) is 23.5 Å². The lowest BCUT2D eigenvalue weighted by Gasteiger charge is -2.26. The highest BCUT2D eigenvalue weighted by molar-refractivity contribution is 7.15. The van der Waals surface area contributed by atoms with Gasteiger partial charge in [-0.3, -0.25) is 14.9 Å². The first kappa shape index (κ1) is 22.3. The summed E-state index contributed by atoms with van der Waals surface area (Å²) >= 11 is 7.36. The summed E-state index contributed by atoms with van der Waals surface area (Å²) in [4.78, 5) is 32.2. The number of halogens is 4. The smallest absolute Gasteiger partial charge is 0.333 e. The van der Waals surface area contributed by atoms with Crippen molar-refractivity contribution in [3.63, 3.8) is 0 Å².